The van der Waals surface area contributed by atoms with Gasteiger partial charge in [0.15, 0.2) is 0 Å². The van der Waals surface area contributed by atoms with Crippen LogP contribution in [0.5, 0.6) is 0 Å². The number of aryl methyl sites for hydroxylation is 3. The zero-order valence-corrected chi connectivity index (χ0v) is 11.2. The number of rotatable bonds is 0. The lowest BCUT2D eigenvalue weighted by Gasteiger charge is -2.17. The maximum atomic E-state index is 2.38. The smallest absolute Gasteiger partial charge is 0.0150 e. The van der Waals surface area contributed by atoms with E-state index in [0.29, 0.717) is 5.92 Å². The van der Waals surface area contributed by atoms with Gasteiger partial charge in [0.2, 0.25) is 0 Å². The molecule has 0 fully saturated rings. The van der Waals surface area contributed by atoms with Crippen LogP contribution in [0.2, 0.25) is 0 Å². The van der Waals surface area contributed by atoms with Gasteiger partial charge < -0.3 is 0 Å². The van der Waals surface area contributed by atoms with Crippen molar-refractivity contribution in [1.29, 1.82) is 0 Å². The molecule has 2 aromatic rings. The van der Waals surface area contributed by atoms with Gasteiger partial charge in [0, 0.05) is 0 Å². The maximum absolute atomic E-state index is 2.38. The molecule has 1 unspecified atom stereocenters. The van der Waals surface area contributed by atoms with Crippen molar-refractivity contribution < 1.29 is 0 Å². The first-order valence-corrected chi connectivity index (χ1v) is 6.89. The molecule has 0 spiro atoms. The molecule has 6 rings (SSSR count). The van der Waals surface area contributed by atoms with Crippen molar-refractivity contribution in [3.05, 3.63) is 70.3 Å². The molecule has 0 N–H and O–H groups in total. The zero-order valence-electron chi connectivity index (χ0n) is 11.2. The van der Waals surface area contributed by atoms with E-state index in [-0.39, 0.29) is 0 Å². The fraction of sp³-hybridized carbons (Fsp3) is 0.333. The van der Waals surface area contributed by atoms with Gasteiger partial charge in [0.1, 0.15) is 0 Å². The molecule has 4 aliphatic rings. The van der Waals surface area contributed by atoms with Gasteiger partial charge in [0.05, 0.1) is 0 Å². The number of benzene rings is 2. The van der Waals surface area contributed by atoms with Crippen LogP contribution < -0.4 is 0 Å². The Bertz CT molecular complexity index is 549. The molecule has 0 heterocycles. The van der Waals surface area contributed by atoms with Crippen LogP contribution in [0.15, 0.2) is 42.5 Å². The Balaban J connectivity index is 2.06. The predicted molar refractivity (Wildman–Crippen MR) is 77.1 cm³/mol. The van der Waals surface area contributed by atoms with Crippen LogP contribution in [0.25, 0.3) is 0 Å². The van der Waals surface area contributed by atoms with Crippen LogP contribution in [0.1, 0.15) is 40.7 Å². The Morgan fingerprint density at radius 3 is 2.33 bits per heavy atom. The molecular formula is C18H20. The molecule has 0 nitrogen and oxygen atoms in total. The number of hydrogen-bond donors (Lipinski definition) is 0. The molecule has 0 saturated heterocycles. The SMILES string of the molecule is Cc1cc2ccc1CCc1ccc(cc1)CC2C. The fourth-order valence-corrected chi connectivity index (χ4v) is 2.90. The van der Waals surface area contributed by atoms with Crippen molar-refractivity contribution >= 4 is 0 Å². The summed E-state index contributed by atoms with van der Waals surface area (Å²) >= 11 is 0. The van der Waals surface area contributed by atoms with Crippen LogP contribution in [-0.2, 0) is 19.3 Å². The van der Waals surface area contributed by atoms with Crippen LogP contribution in [0.3, 0.4) is 0 Å². The highest BCUT2D eigenvalue weighted by atomic mass is 14.2. The summed E-state index contributed by atoms with van der Waals surface area (Å²) in [6.07, 6.45) is 3.44. The second-order valence-electron chi connectivity index (χ2n) is 5.61. The van der Waals surface area contributed by atoms with Crippen molar-refractivity contribution in [2.45, 2.75) is 39.0 Å². The fourth-order valence-electron chi connectivity index (χ4n) is 2.90. The molecule has 4 bridgehead atoms. The van der Waals surface area contributed by atoms with E-state index < -0.39 is 0 Å². The summed E-state index contributed by atoms with van der Waals surface area (Å²) in [5.41, 5.74) is 7.33. The molecule has 0 heteroatoms. The highest BCUT2D eigenvalue weighted by Gasteiger charge is 2.10. The lowest BCUT2D eigenvalue weighted by atomic mass is 9.88. The summed E-state index contributed by atoms with van der Waals surface area (Å²) < 4.78 is 0. The van der Waals surface area contributed by atoms with E-state index in [4.69, 9.17) is 0 Å². The molecule has 18 heavy (non-hydrogen) atoms. The standard InChI is InChI=1S/C18H20/c1-13-11-16-5-3-15(4-6-16)7-8-17-9-10-18(13)12-14(17)2/h3-6,9-10,12-13H,7-8,11H2,1-2H3. The van der Waals surface area contributed by atoms with Crippen molar-refractivity contribution in [3.63, 3.8) is 0 Å². The van der Waals surface area contributed by atoms with Gasteiger partial charge in [-0.3, -0.25) is 0 Å². The van der Waals surface area contributed by atoms with E-state index in [1.165, 1.54) is 27.8 Å². The molecule has 0 aromatic heterocycles. The van der Waals surface area contributed by atoms with Crippen LogP contribution in [0, 0.1) is 6.92 Å². The van der Waals surface area contributed by atoms with Gasteiger partial charge in [-0.15, -0.1) is 0 Å². The van der Waals surface area contributed by atoms with Gasteiger partial charge in [0.25, 0.3) is 0 Å². The predicted octanol–water partition coefficient (Wildman–Crippen LogP) is 4.44. The Labute approximate surface area is 110 Å². The van der Waals surface area contributed by atoms with Gasteiger partial charge >= 0.3 is 0 Å². The first kappa shape index (κ1) is 11.5. The van der Waals surface area contributed by atoms with E-state index in [1.54, 1.807) is 0 Å². The molecule has 4 aliphatic carbocycles. The average molecular weight is 236 g/mol. The van der Waals surface area contributed by atoms with Crippen molar-refractivity contribution in [2.75, 3.05) is 0 Å². The average Bonchev–Trinajstić information content (AvgIpc) is 2.37. The third-order valence-corrected chi connectivity index (χ3v) is 4.18. The van der Waals surface area contributed by atoms with Gasteiger partial charge in [-0.25, -0.2) is 0 Å². The zero-order chi connectivity index (χ0) is 12.5. The van der Waals surface area contributed by atoms with Gasteiger partial charge in [-0.1, -0.05) is 49.4 Å². The molecule has 1 atom stereocenters. The quantitative estimate of drug-likeness (QED) is 0.634. The topological polar surface area (TPSA) is 0 Å². The third kappa shape index (κ3) is 2.20. The second-order valence-corrected chi connectivity index (χ2v) is 5.61. The Morgan fingerprint density at radius 2 is 1.61 bits per heavy atom. The van der Waals surface area contributed by atoms with Crippen molar-refractivity contribution in [3.8, 4) is 0 Å². The first-order valence-electron chi connectivity index (χ1n) is 6.89. The Kier molecular flexibility index (Phi) is 2.95. The lowest BCUT2D eigenvalue weighted by molar-refractivity contribution is 0.754. The summed E-state index contributed by atoms with van der Waals surface area (Å²) in [6.45, 7) is 4.58. The highest BCUT2D eigenvalue weighted by molar-refractivity contribution is 5.35. The molecule has 0 saturated carbocycles. The summed E-state index contributed by atoms with van der Waals surface area (Å²) in [7, 11) is 0. The summed E-state index contributed by atoms with van der Waals surface area (Å²) in [4.78, 5) is 0. The minimum Gasteiger partial charge on any atom is -0.0588 e. The maximum Gasteiger partial charge on any atom is -0.0150 e. The Hall–Kier alpha value is -1.56. The van der Waals surface area contributed by atoms with Gasteiger partial charge in [-0.05, 0) is 59.9 Å². The molecule has 0 radical (unpaired) electrons. The van der Waals surface area contributed by atoms with E-state index in [9.17, 15) is 0 Å². The van der Waals surface area contributed by atoms with Gasteiger partial charge in [-0.2, -0.15) is 0 Å². The van der Waals surface area contributed by atoms with E-state index in [0.717, 1.165) is 19.3 Å². The molecule has 0 amide bonds. The summed E-state index contributed by atoms with van der Waals surface area (Å²) in [5, 5.41) is 0. The van der Waals surface area contributed by atoms with E-state index in [2.05, 4.69) is 56.3 Å². The molecular weight excluding hydrogens is 216 g/mol. The van der Waals surface area contributed by atoms with Crippen LogP contribution >= 0.6 is 0 Å². The molecule has 0 aliphatic heterocycles. The largest absolute Gasteiger partial charge is 0.0588 e. The lowest BCUT2D eigenvalue weighted by Crippen LogP contribution is -2.03. The Morgan fingerprint density at radius 1 is 0.889 bits per heavy atom. The molecule has 92 valence electrons. The summed E-state index contributed by atoms with van der Waals surface area (Å²) in [5.74, 6) is 0.600. The van der Waals surface area contributed by atoms with Crippen LogP contribution in [-0.4, -0.2) is 0 Å². The van der Waals surface area contributed by atoms with Crippen molar-refractivity contribution in [1.82, 2.24) is 0 Å². The van der Waals surface area contributed by atoms with Crippen LogP contribution in [0.4, 0.5) is 0 Å². The number of hydrogen-bond acceptors (Lipinski definition) is 0. The second kappa shape index (κ2) is 4.61. The minimum absolute atomic E-state index is 0.600. The normalized spacial score (nSPS) is 18.4. The summed E-state index contributed by atoms with van der Waals surface area (Å²) in [6, 6.07) is 16.2. The highest BCUT2D eigenvalue weighted by Crippen LogP contribution is 2.25. The van der Waals surface area contributed by atoms with E-state index in [1.807, 2.05) is 0 Å². The monoisotopic (exact) mass is 236 g/mol. The molecule has 2 aromatic carbocycles. The third-order valence-electron chi connectivity index (χ3n) is 4.18. The van der Waals surface area contributed by atoms with Crippen molar-refractivity contribution in [2.24, 2.45) is 0 Å². The first-order chi connectivity index (χ1) is 8.72. The van der Waals surface area contributed by atoms with E-state index >= 15 is 0 Å². The minimum atomic E-state index is 0.600.